The highest BCUT2D eigenvalue weighted by Crippen LogP contribution is 2.27. The minimum Gasteiger partial charge on any atom is -0.465 e. The second kappa shape index (κ2) is 8.03. The number of benzene rings is 2. The third-order valence-corrected chi connectivity index (χ3v) is 4.76. The summed E-state index contributed by atoms with van der Waals surface area (Å²) in [5.41, 5.74) is 3.73. The summed E-state index contributed by atoms with van der Waals surface area (Å²) in [5, 5.41) is 5.72. The van der Waals surface area contributed by atoms with Crippen LogP contribution in [-0.2, 0) is 20.7 Å². The van der Waals surface area contributed by atoms with Crippen molar-refractivity contribution in [2.45, 2.75) is 26.2 Å². The molecule has 0 aliphatic carbocycles. The van der Waals surface area contributed by atoms with E-state index in [4.69, 9.17) is 4.74 Å². The Bertz CT molecular complexity index is 892. The minimum atomic E-state index is -0.456. The Hall–Kier alpha value is -3.15. The number of carbonyl (C=O) groups excluding carboxylic acids is 3. The molecule has 0 saturated heterocycles. The van der Waals surface area contributed by atoms with Gasteiger partial charge < -0.3 is 15.4 Å². The van der Waals surface area contributed by atoms with Gasteiger partial charge in [-0.2, -0.15) is 0 Å². The normalized spacial score (nSPS) is 15.5. The molecule has 0 saturated carbocycles. The molecule has 0 radical (unpaired) electrons. The number of amides is 2. The van der Waals surface area contributed by atoms with Gasteiger partial charge in [0, 0.05) is 23.7 Å². The molecule has 1 atom stereocenters. The number of carbonyl (C=O) groups is 3. The summed E-state index contributed by atoms with van der Waals surface area (Å²) in [5.74, 6) is -0.923. The maximum Gasteiger partial charge on any atom is 0.337 e. The first kappa shape index (κ1) is 18.6. The molecule has 2 amide bonds. The lowest BCUT2D eigenvalue weighted by atomic mass is 9.89. The first-order chi connectivity index (χ1) is 13.0. The molecule has 6 heteroatoms. The molecule has 27 heavy (non-hydrogen) atoms. The molecule has 140 valence electrons. The number of aryl methyl sites for hydroxylation is 1. The first-order valence-corrected chi connectivity index (χ1v) is 8.85. The summed E-state index contributed by atoms with van der Waals surface area (Å²) in [4.78, 5) is 36.2. The summed E-state index contributed by atoms with van der Waals surface area (Å²) in [6.07, 6.45) is 1.32. The molecule has 2 aromatic carbocycles. The highest BCUT2D eigenvalue weighted by molar-refractivity contribution is 5.97. The Balaban J connectivity index is 1.60. The van der Waals surface area contributed by atoms with Crippen LogP contribution in [0, 0.1) is 12.8 Å². The van der Waals surface area contributed by atoms with Gasteiger partial charge in [-0.15, -0.1) is 0 Å². The number of hydrogen-bond acceptors (Lipinski definition) is 4. The number of anilines is 2. The highest BCUT2D eigenvalue weighted by atomic mass is 16.5. The van der Waals surface area contributed by atoms with Crippen LogP contribution < -0.4 is 10.6 Å². The van der Waals surface area contributed by atoms with E-state index in [1.165, 1.54) is 7.11 Å². The van der Waals surface area contributed by atoms with E-state index in [2.05, 4.69) is 10.6 Å². The van der Waals surface area contributed by atoms with E-state index >= 15 is 0 Å². The zero-order valence-electron chi connectivity index (χ0n) is 15.4. The van der Waals surface area contributed by atoms with Crippen molar-refractivity contribution in [1.82, 2.24) is 0 Å². The fraction of sp³-hybridized carbons (Fsp3) is 0.286. The maximum atomic E-state index is 12.4. The van der Waals surface area contributed by atoms with Crippen LogP contribution in [0.15, 0.2) is 42.5 Å². The predicted molar refractivity (Wildman–Crippen MR) is 103 cm³/mol. The van der Waals surface area contributed by atoms with E-state index in [1.807, 2.05) is 31.2 Å². The Kier molecular flexibility index (Phi) is 5.54. The van der Waals surface area contributed by atoms with Gasteiger partial charge in [0.25, 0.3) is 0 Å². The Labute approximate surface area is 157 Å². The number of methoxy groups -OCH3 is 1. The second-order valence-electron chi connectivity index (χ2n) is 6.66. The van der Waals surface area contributed by atoms with Gasteiger partial charge >= 0.3 is 5.97 Å². The highest BCUT2D eigenvalue weighted by Gasteiger charge is 2.26. The molecule has 0 bridgehead atoms. The molecule has 2 aromatic rings. The number of esters is 1. The molecule has 0 spiro atoms. The quantitative estimate of drug-likeness (QED) is 0.795. The molecule has 1 heterocycles. The molecule has 1 aliphatic rings. The van der Waals surface area contributed by atoms with E-state index in [0.717, 1.165) is 16.8 Å². The molecule has 1 aliphatic heterocycles. The SMILES string of the molecule is COC(=O)c1ccc(C)c(NC(=O)CC[C@H]2Cc3ccccc3NC2=O)c1. The minimum absolute atomic E-state index is 0.0506. The molecular formula is C21H22N2O4. The third kappa shape index (κ3) is 4.34. The van der Waals surface area contributed by atoms with Crippen molar-refractivity contribution in [3.63, 3.8) is 0 Å². The van der Waals surface area contributed by atoms with E-state index in [9.17, 15) is 14.4 Å². The van der Waals surface area contributed by atoms with Gasteiger partial charge in [0.05, 0.1) is 12.7 Å². The number of rotatable bonds is 5. The molecule has 6 nitrogen and oxygen atoms in total. The van der Waals surface area contributed by atoms with E-state index in [-0.39, 0.29) is 24.2 Å². The summed E-state index contributed by atoms with van der Waals surface area (Å²) < 4.78 is 4.71. The van der Waals surface area contributed by atoms with E-state index in [1.54, 1.807) is 18.2 Å². The van der Waals surface area contributed by atoms with Crippen molar-refractivity contribution >= 4 is 29.2 Å². The van der Waals surface area contributed by atoms with Crippen molar-refractivity contribution in [3.05, 3.63) is 59.2 Å². The average Bonchev–Trinajstić information content (AvgIpc) is 2.67. The van der Waals surface area contributed by atoms with Gasteiger partial charge in [-0.1, -0.05) is 24.3 Å². The lowest BCUT2D eigenvalue weighted by Crippen LogP contribution is -2.30. The molecule has 0 aromatic heterocycles. The van der Waals surface area contributed by atoms with Crippen molar-refractivity contribution in [2.24, 2.45) is 5.92 Å². The summed E-state index contributed by atoms with van der Waals surface area (Å²) >= 11 is 0. The molecule has 0 unspecified atom stereocenters. The summed E-state index contributed by atoms with van der Waals surface area (Å²) in [6, 6.07) is 12.7. The topological polar surface area (TPSA) is 84.5 Å². The average molecular weight is 366 g/mol. The number of fused-ring (bicyclic) bond motifs is 1. The van der Waals surface area contributed by atoms with Crippen LogP contribution in [0.3, 0.4) is 0 Å². The Morgan fingerprint density at radius 2 is 2.00 bits per heavy atom. The fourth-order valence-corrected chi connectivity index (χ4v) is 3.17. The van der Waals surface area contributed by atoms with Crippen LogP contribution >= 0.6 is 0 Å². The zero-order valence-corrected chi connectivity index (χ0v) is 15.4. The van der Waals surface area contributed by atoms with Crippen molar-refractivity contribution in [1.29, 1.82) is 0 Å². The van der Waals surface area contributed by atoms with Crippen LogP contribution in [0.4, 0.5) is 11.4 Å². The van der Waals surface area contributed by atoms with Crippen molar-refractivity contribution in [2.75, 3.05) is 17.7 Å². The van der Waals surface area contributed by atoms with Gasteiger partial charge in [0.2, 0.25) is 11.8 Å². The van der Waals surface area contributed by atoms with E-state index in [0.29, 0.717) is 24.1 Å². The predicted octanol–water partition coefficient (Wildman–Crippen LogP) is 3.31. The maximum absolute atomic E-state index is 12.4. The molecular weight excluding hydrogens is 344 g/mol. The third-order valence-electron chi connectivity index (χ3n) is 4.76. The lowest BCUT2D eigenvalue weighted by molar-refractivity contribution is -0.121. The molecule has 2 N–H and O–H groups in total. The van der Waals surface area contributed by atoms with Gasteiger partial charge in [-0.05, 0) is 49.1 Å². The number of para-hydroxylation sites is 1. The molecule has 3 rings (SSSR count). The first-order valence-electron chi connectivity index (χ1n) is 8.85. The van der Waals surface area contributed by atoms with Gasteiger partial charge in [-0.3, -0.25) is 9.59 Å². The largest absolute Gasteiger partial charge is 0.465 e. The monoisotopic (exact) mass is 366 g/mol. The van der Waals surface area contributed by atoms with Crippen LogP contribution in [0.5, 0.6) is 0 Å². The van der Waals surface area contributed by atoms with Gasteiger partial charge in [-0.25, -0.2) is 4.79 Å². The second-order valence-corrected chi connectivity index (χ2v) is 6.66. The Morgan fingerprint density at radius 1 is 1.22 bits per heavy atom. The molecule has 0 fully saturated rings. The Morgan fingerprint density at radius 3 is 2.78 bits per heavy atom. The summed E-state index contributed by atoms with van der Waals surface area (Å²) in [6.45, 7) is 1.85. The lowest BCUT2D eigenvalue weighted by Gasteiger charge is -2.24. The number of hydrogen-bond donors (Lipinski definition) is 2. The van der Waals surface area contributed by atoms with E-state index < -0.39 is 5.97 Å². The van der Waals surface area contributed by atoms with Crippen LogP contribution in [0.1, 0.15) is 34.3 Å². The smallest absolute Gasteiger partial charge is 0.337 e. The van der Waals surface area contributed by atoms with Gasteiger partial charge in [0.1, 0.15) is 0 Å². The van der Waals surface area contributed by atoms with Crippen LogP contribution in [0.25, 0.3) is 0 Å². The summed E-state index contributed by atoms with van der Waals surface area (Å²) in [7, 11) is 1.31. The van der Waals surface area contributed by atoms with Crippen LogP contribution in [-0.4, -0.2) is 24.9 Å². The number of nitrogens with one attached hydrogen (secondary N) is 2. The van der Waals surface area contributed by atoms with Crippen molar-refractivity contribution < 1.29 is 19.1 Å². The van der Waals surface area contributed by atoms with Gasteiger partial charge in [0.15, 0.2) is 0 Å². The van der Waals surface area contributed by atoms with Crippen LogP contribution in [0.2, 0.25) is 0 Å². The number of ether oxygens (including phenoxy) is 1. The fourth-order valence-electron chi connectivity index (χ4n) is 3.17. The van der Waals surface area contributed by atoms with Crippen molar-refractivity contribution in [3.8, 4) is 0 Å². The zero-order chi connectivity index (χ0) is 19.4. The standard InChI is InChI=1S/C21H22N2O4/c1-13-7-8-16(21(26)27-2)12-18(13)22-19(24)10-9-15-11-14-5-3-4-6-17(14)23-20(15)25/h3-8,12,15H,9-11H2,1-2H3,(H,22,24)(H,23,25)/t15-/m0/s1.